The third kappa shape index (κ3) is 14.8. The molecule has 0 radical (unpaired) electrons. The summed E-state index contributed by atoms with van der Waals surface area (Å²) in [6, 6.07) is 39.6. The number of para-hydroxylation sites is 2. The molecule has 484 valence electrons. The van der Waals surface area contributed by atoms with E-state index in [-0.39, 0.29) is 91.3 Å². The summed E-state index contributed by atoms with van der Waals surface area (Å²) in [5.41, 5.74) is 6.29. The van der Waals surface area contributed by atoms with Crippen LogP contribution >= 0.6 is 23.4 Å². The number of H-pyrrole nitrogens is 1. The van der Waals surface area contributed by atoms with Crippen molar-refractivity contribution < 1.29 is 83.1 Å². The average Bonchev–Trinajstić information content (AvgIpc) is 1.65. The van der Waals surface area contributed by atoms with Crippen molar-refractivity contribution in [2.45, 2.75) is 31.5 Å². The number of hydrogen-bond donors (Lipinski definition) is 3. The molecule has 0 saturated carbocycles. The summed E-state index contributed by atoms with van der Waals surface area (Å²) >= 11 is 12.0. The SMILES string of the molecule is CNC(=O)c1c(-c2ccc(F)cc2)oc2cc(N(C)S(C)(=O)=O)c(-c3cc(-c4cc5ccccc5[nH]4)nc(SC)n3)cc12.CNC(=O)c1c(-c2ccc(F)cc2)oc2cc(N(C)S(C)(=O)=O)c(-c3cc(-c4cc5ccccc5n4C(=O)OC(C)(C)C)nc(Cl)n3)cc12.C[S-].[Na+]. The van der Waals surface area contributed by atoms with Crippen molar-refractivity contribution in [3.05, 3.63) is 174 Å². The molecule has 95 heavy (non-hydrogen) atoms. The summed E-state index contributed by atoms with van der Waals surface area (Å²) in [5.74, 6) is -1.42. The van der Waals surface area contributed by atoms with Gasteiger partial charge in [-0.25, -0.2) is 54.9 Å². The minimum Gasteiger partial charge on any atom is -0.796 e. The number of fused-ring (bicyclic) bond motifs is 4. The zero-order valence-corrected chi connectivity index (χ0v) is 59.4. The average molecular weight is 1390 g/mol. The van der Waals surface area contributed by atoms with Crippen LogP contribution in [-0.2, 0) is 37.4 Å². The molecule has 0 saturated heterocycles. The molecule has 0 aliphatic carbocycles. The minimum absolute atomic E-state index is 0. The summed E-state index contributed by atoms with van der Waals surface area (Å²) in [5, 5.41) is 8.08. The van der Waals surface area contributed by atoms with Crippen LogP contribution in [0.1, 0.15) is 41.5 Å². The number of ether oxygens (including phenoxy) is 1. The molecule has 28 heteroatoms. The van der Waals surface area contributed by atoms with Crippen LogP contribution < -0.4 is 48.8 Å². The number of furan rings is 2. The first-order valence-corrected chi connectivity index (χ1v) is 34.6. The number of halogens is 3. The summed E-state index contributed by atoms with van der Waals surface area (Å²) in [4.78, 5) is 61.8. The number of benzene rings is 6. The van der Waals surface area contributed by atoms with Gasteiger partial charge in [-0.2, -0.15) is 6.26 Å². The molecule has 6 aromatic carbocycles. The number of aromatic amines is 1. The van der Waals surface area contributed by atoms with Crippen LogP contribution in [-0.4, -0.2) is 123 Å². The van der Waals surface area contributed by atoms with E-state index in [1.54, 1.807) is 75.6 Å². The van der Waals surface area contributed by atoms with Gasteiger partial charge in [-0.1, -0.05) is 48.2 Å². The van der Waals surface area contributed by atoms with Gasteiger partial charge in [-0.3, -0.25) is 18.2 Å². The normalized spacial score (nSPS) is 11.6. The third-order valence-electron chi connectivity index (χ3n) is 14.9. The second-order valence-electron chi connectivity index (χ2n) is 22.2. The number of rotatable bonds is 13. The maximum Gasteiger partial charge on any atom is 1.00 e. The molecule has 0 atom stereocenters. The number of aromatic nitrogens is 6. The second-order valence-corrected chi connectivity index (χ2v) is 27.3. The van der Waals surface area contributed by atoms with Gasteiger partial charge in [0.15, 0.2) is 5.16 Å². The Morgan fingerprint density at radius 1 is 0.632 bits per heavy atom. The Labute approximate surface area is 582 Å². The molecular weight excluding hydrogens is 1330 g/mol. The first kappa shape index (κ1) is 70.7. The van der Waals surface area contributed by atoms with Gasteiger partial charge in [0.25, 0.3) is 11.8 Å². The topological polar surface area (TPSA) is 258 Å². The number of sulfonamides is 2. The predicted molar refractivity (Wildman–Crippen MR) is 368 cm³/mol. The zero-order valence-electron chi connectivity index (χ0n) is 53.3. The fourth-order valence-corrected chi connectivity index (χ4v) is 12.0. The Hall–Kier alpha value is -8.60. The van der Waals surface area contributed by atoms with Crippen molar-refractivity contribution in [3.63, 3.8) is 0 Å². The molecular formula is C67H60ClF2N10NaO10S4. The van der Waals surface area contributed by atoms with E-state index in [9.17, 15) is 40.0 Å². The molecule has 12 aromatic rings. The molecule has 3 N–H and O–H groups in total. The van der Waals surface area contributed by atoms with Gasteiger partial charge < -0.3 is 41.8 Å². The molecule has 0 fully saturated rings. The van der Waals surface area contributed by atoms with Crippen LogP contribution in [0.25, 0.3) is 112 Å². The molecule has 0 unspecified atom stereocenters. The van der Waals surface area contributed by atoms with Gasteiger partial charge in [-0.15, -0.1) is 0 Å². The number of amides is 2. The summed E-state index contributed by atoms with van der Waals surface area (Å²) in [6.07, 6.45) is 4.95. The second kappa shape index (κ2) is 28.4. The summed E-state index contributed by atoms with van der Waals surface area (Å²) < 4.78 is 101. The number of carbonyl (C=O) groups is 3. The van der Waals surface area contributed by atoms with Crippen molar-refractivity contribution in [3.8, 4) is 67.9 Å². The first-order chi connectivity index (χ1) is 44.6. The molecule has 20 nitrogen and oxygen atoms in total. The molecule has 0 spiro atoms. The number of thioether (sulfide) groups is 1. The Bertz CT molecular complexity index is 5160. The van der Waals surface area contributed by atoms with Crippen LogP contribution in [0.5, 0.6) is 0 Å². The molecule has 6 heterocycles. The quantitative estimate of drug-likeness (QED) is 0.0420. The fraction of sp³-hybridized carbons (Fsp3) is 0.179. The Kier molecular flexibility index (Phi) is 21.1. The number of anilines is 2. The van der Waals surface area contributed by atoms with E-state index in [2.05, 4.69) is 38.2 Å². The van der Waals surface area contributed by atoms with Gasteiger partial charge in [-0.05, 0) is 136 Å². The predicted octanol–water partition coefficient (Wildman–Crippen LogP) is 11.0. The molecule has 6 aromatic heterocycles. The van der Waals surface area contributed by atoms with E-state index in [4.69, 9.17) is 35.1 Å². The number of nitrogens with zero attached hydrogens (tertiary/aromatic N) is 7. The standard InChI is InChI=1S/C35H31ClFN5O6S.C31H26FN5O4S2.CH4S.Na/c1-35(2,3)48-34(44)42-26-10-8-7-9-20(26)15-28(42)25-17-24(39-33(36)40-25)22-16-23-29(18-27(22)41(5)49(6,45)46)47-31(30(23)32(43)38-4)19-11-13-21(37)14-12-19;1-33-30(38)28-21-14-20(23-15-25(36-31(35-23)42-3)24-13-18-7-5-6-8-22(18)34-24)26(37(2)43(4,39)40)16-27(21)41-29(28)17-9-11-19(32)12-10-17;1-2;/h7-18H,1-6H3,(H,38,43);5-16,34H,1-4H3,(H,33,38);2H,1H3;/q;;;+1/p-1. The number of carbonyl (C=O) groups excluding carboxylic acids is 3. The Morgan fingerprint density at radius 2 is 1.08 bits per heavy atom. The smallest absolute Gasteiger partial charge is 0.796 e. The first-order valence-electron chi connectivity index (χ1n) is 28.5. The van der Waals surface area contributed by atoms with Crippen LogP contribution in [0.15, 0.2) is 160 Å². The van der Waals surface area contributed by atoms with Crippen LogP contribution in [0.4, 0.5) is 25.0 Å². The van der Waals surface area contributed by atoms with E-state index in [0.717, 1.165) is 43.1 Å². The molecule has 0 aliphatic rings. The van der Waals surface area contributed by atoms with Crippen molar-refractivity contribution in [2.75, 3.05) is 61.8 Å². The number of hydrogen-bond acceptors (Lipinski definition) is 16. The molecule has 12 rings (SSSR count). The Morgan fingerprint density at radius 3 is 1.56 bits per heavy atom. The molecule has 0 aliphatic heterocycles. The van der Waals surface area contributed by atoms with E-state index in [1.165, 1.54) is 99.1 Å². The van der Waals surface area contributed by atoms with Crippen molar-refractivity contribution in [1.29, 1.82) is 0 Å². The minimum atomic E-state index is -3.83. The Balaban J connectivity index is 0.000000217. The van der Waals surface area contributed by atoms with E-state index < -0.39 is 55.2 Å². The van der Waals surface area contributed by atoms with Gasteiger partial charge in [0.05, 0.1) is 74.7 Å². The third-order valence-corrected chi connectivity index (χ3v) is 18.0. The maximum atomic E-state index is 13.8. The van der Waals surface area contributed by atoms with Gasteiger partial charge >= 0.3 is 35.7 Å². The van der Waals surface area contributed by atoms with Crippen molar-refractivity contribution in [2.24, 2.45) is 0 Å². The van der Waals surface area contributed by atoms with Gasteiger partial charge in [0.2, 0.25) is 25.3 Å². The number of nitrogens with one attached hydrogen (secondary N) is 3. The molecule has 2 amide bonds. The van der Waals surface area contributed by atoms with Crippen LogP contribution in [0, 0.1) is 11.6 Å². The maximum absolute atomic E-state index is 13.8. The van der Waals surface area contributed by atoms with Crippen molar-refractivity contribution >= 4 is 129 Å². The summed E-state index contributed by atoms with van der Waals surface area (Å²) in [7, 11) is -1.77. The van der Waals surface area contributed by atoms with Gasteiger partial charge in [0.1, 0.15) is 39.9 Å². The van der Waals surface area contributed by atoms with E-state index >= 15 is 0 Å². The van der Waals surface area contributed by atoms with Crippen LogP contribution in [0.2, 0.25) is 5.28 Å². The van der Waals surface area contributed by atoms with Crippen LogP contribution in [0.3, 0.4) is 0 Å². The van der Waals surface area contributed by atoms with Gasteiger partial charge in [0, 0.05) is 89.6 Å². The van der Waals surface area contributed by atoms with Crippen molar-refractivity contribution in [1.82, 2.24) is 40.1 Å². The monoisotopic (exact) mass is 1390 g/mol. The largest absolute Gasteiger partial charge is 1.00 e. The van der Waals surface area contributed by atoms with E-state index in [1.807, 2.05) is 48.7 Å². The fourth-order valence-electron chi connectivity index (χ4n) is 10.4. The summed E-state index contributed by atoms with van der Waals surface area (Å²) in [6.45, 7) is 5.28. The van der Waals surface area contributed by atoms with E-state index in [0.29, 0.717) is 60.9 Å². The zero-order chi connectivity index (χ0) is 67.9. The molecule has 0 bridgehead atoms.